The summed E-state index contributed by atoms with van der Waals surface area (Å²) in [6.45, 7) is 1.84. The molecule has 0 atom stereocenters. The number of hydrogen-bond acceptors (Lipinski definition) is 2. The first-order chi connectivity index (χ1) is 11.6. The maximum Gasteiger partial charge on any atom is 0.336 e. The van der Waals surface area contributed by atoms with Crippen LogP contribution in [0.5, 0.6) is 5.75 Å². The number of methoxy groups -OCH3 is 1. The number of aryl methyl sites for hydroxylation is 1. The SMILES string of the molecule is COc1ccc(-c2cc(-c3ccccc3)cc(C)c2C(=O)O)cc1. The maximum atomic E-state index is 11.8. The van der Waals surface area contributed by atoms with Crippen molar-refractivity contribution in [2.24, 2.45) is 0 Å². The molecule has 0 bridgehead atoms. The number of carbonyl (C=O) groups is 1. The van der Waals surface area contributed by atoms with Crippen molar-refractivity contribution < 1.29 is 14.6 Å². The summed E-state index contributed by atoms with van der Waals surface area (Å²) in [5.41, 5.74) is 4.71. The van der Waals surface area contributed by atoms with E-state index in [0.29, 0.717) is 11.1 Å². The van der Waals surface area contributed by atoms with Gasteiger partial charge in [0.15, 0.2) is 0 Å². The molecule has 0 aromatic heterocycles. The van der Waals surface area contributed by atoms with Crippen LogP contribution in [-0.2, 0) is 0 Å². The Morgan fingerprint density at radius 3 is 2.12 bits per heavy atom. The number of carboxylic acid groups (broad SMARTS) is 1. The van der Waals surface area contributed by atoms with Gasteiger partial charge in [-0.1, -0.05) is 48.5 Å². The van der Waals surface area contributed by atoms with E-state index in [1.807, 2.05) is 73.7 Å². The van der Waals surface area contributed by atoms with Gasteiger partial charge >= 0.3 is 5.97 Å². The molecule has 1 N–H and O–H groups in total. The highest BCUT2D eigenvalue weighted by Gasteiger charge is 2.17. The van der Waals surface area contributed by atoms with Crippen molar-refractivity contribution in [3.8, 4) is 28.0 Å². The quantitative estimate of drug-likeness (QED) is 0.733. The van der Waals surface area contributed by atoms with E-state index in [1.54, 1.807) is 7.11 Å². The minimum atomic E-state index is -0.919. The Balaban J connectivity index is 2.21. The van der Waals surface area contributed by atoms with Crippen molar-refractivity contribution >= 4 is 5.97 Å². The molecule has 0 saturated carbocycles. The summed E-state index contributed by atoms with van der Waals surface area (Å²) in [6.07, 6.45) is 0. The Morgan fingerprint density at radius 2 is 1.54 bits per heavy atom. The predicted molar refractivity (Wildman–Crippen MR) is 95.6 cm³/mol. The predicted octanol–water partition coefficient (Wildman–Crippen LogP) is 5.04. The fourth-order valence-electron chi connectivity index (χ4n) is 2.87. The van der Waals surface area contributed by atoms with Crippen molar-refractivity contribution in [1.82, 2.24) is 0 Å². The standard InChI is InChI=1S/C21H18O3/c1-14-12-17(15-6-4-3-5-7-15)13-19(20(14)21(22)23)16-8-10-18(24-2)11-9-16/h3-13H,1-2H3,(H,22,23). The second-order valence-corrected chi connectivity index (χ2v) is 5.62. The van der Waals surface area contributed by atoms with E-state index in [4.69, 9.17) is 4.74 Å². The molecule has 0 saturated heterocycles. The summed E-state index contributed by atoms with van der Waals surface area (Å²) in [7, 11) is 1.61. The van der Waals surface area contributed by atoms with Crippen LogP contribution in [-0.4, -0.2) is 18.2 Å². The zero-order valence-electron chi connectivity index (χ0n) is 13.6. The fourth-order valence-corrected chi connectivity index (χ4v) is 2.87. The Kier molecular flexibility index (Phi) is 4.34. The highest BCUT2D eigenvalue weighted by atomic mass is 16.5. The number of benzene rings is 3. The van der Waals surface area contributed by atoms with E-state index in [9.17, 15) is 9.90 Å². The van der Waals surface area contributed by atoms with Gasteiger partial charge in [-0.2, -0.15) is 0 Å². The molecule has 0 radical (unpaired) electrons. The molecule has 0 aliphatic heterocycles. The monoisotopic (exact) mass is 318 g/mol. The van der Waals surface area contributed by atoms with Crippen LogP contribution >= 0.6 is 0 Å². The third kappa shape index (κ3) is 3.01. The van der Waals surface area contributed by atoms with Gasteiger partial charge in [0.2, 0.25) is 0 Å². The minimum Gasteiger partial charge on any atom is -0.497 e. The van der Waals surface area contributed by atoms with Gasteiger partial charge in [0, 0.05) is 0 Å². The zero-order chi connectivity index (χ0) is 17.1. The van der Waals surface area contributed by atoms with Gasteiger partial charge in [0.05, 0.1) is 12.7 Å². The van der Waals surface area contributed by atoms with Gasteiger partial charge in [-0.15, -0.1) is 0 Å². The molecule has 0 spiro atoms. The topological polar surface area (TPSA) is 46.5 Å². The van der Waals surface area contributed by atoms with Crippen LogP contribution in [0.2, 0.25) is 0 Å². The van der Waals surface area contributed by atoms with Crippen LogP contribution in [0.4, 0.5) is 0 Å². The molecule has 0 aliphatic carbocycles. The molecule has 3 aromatic rings. The van der Waals surface area contributed by atoms with Crippen LogP contribution in [0.25, 0.3) is 22.3 Å². The van der Waals surface area contributed by atoms with Crippen molar-refractivity contribution in [3.63, 3.8) is 0 Å². The van der Waals surface area contributed by atoms with Crippen molar-refractivity contribution in [2.75, 3.05) is 7.11 Å². The zero-order valence-corrected chi connectivity index (χ0v) is 13.6. The van der Waals surface area contributed by atoms with Gasteiger partial charge in [-0.05, 0) is 52.9 Å². The van der Waals surface area contributed by atoms with Gasteiger partial charge in [-0.25, -0.2) is 4.79 Å². The van der Waals surface area contributed by atoms with Gasteiger partial charge < -0.3 is 9.84 Å². The average Bonchev–Trinajstić information content (AvgIpc) is 2.61. The molecule has 0 amide bonds. The molecular formula is C21H18O3. The molecule has 0 aliphatic rings. The van der Waals surface area contributed by atoms with E-state index in [1.165, 1.54) is 0 Å². The summed E-state index contributed by atoms with van der Waals surface area (Å²) < 4.78 is 5.18. The number of aromatic carboxylic acids is 1. The highest BCUT2D eigenvalue weighted by Crippen LogP contribution is 2.33. The third-order valence-corrected chi connectivity index (χ3v) is 4.06. The maximum absolute atomic E-state index is 11.8. The largest absolute Gasteiger partial charge is 0.497 e. The molecule has 3 nitrogen and oxygen atoms in total. The molecule has 0 heterocycles. The summed E-state index contributed by atoms with van der Waals surface area (Å²) >= 11 is 0. The summed E-state index contributed by atoms with van der Waals surface area (Å²) in [4.78, 5) is 11.8. The molecule has 3 heteroatoms. The Labute approximate surface area is 141 Å². The Morgan fingerprint density at radius 1 is 0.875 bits per heavy atom. The Hall–Kier alpha value is -3.07. The first-order valence-corrected chi connectivity index (χ1v) is 7.68. The van der Waals surface area contributed by atoms with Crippen LogP contribution < -0.4 is 4.74 Å². The van der Waals surface area contributed by atoms with E-state index < -0.39 is 5.97 Å². The molecule has 3 rings (SSSR count). The molecule has 3 aromatic carbocycles. The summed E-state index contributed by atoms with van der Waals surface area (Å²) in [6, 6.07) is 21.3. The molecule has 0 unspecified atom stereocenters. The lowest BCUT2D eigenvalue weighted by atomic mass is 9.91. The van der Waals surface area contributed by atoms with Crippen molar-refractivity contribution in [1.29, 1.82) is 0 Å². The normalized spacial score (nSPS) is 10.4. The van der Waals surface area contributed by atoms with Crippen LogP contribution in [0, 0.1) is 6.92 Å². The average molecular weight is 318 g/mol. The number of ether oxygens (including phenoxy) is 1. The number of hydrogen-bond donors (Lipinski definition) is 1. The molecule has 120 valence electrons. The van der Waals surface area contributed by atoms with E-state index in [0.717, 1.165) is 28.0 Å². The van der Waals surface area contributed by atoms with Crippen LogP contribution in [0.15, 0.2) is 66.7 Å². The molecule has 0 fully saturated rings. The lowest BCUT2D eigenvalue weighted by Crippen LogP contribution is -2.03. The Bertz CT molecular complexity index is 866. The fraction of sp³-hybridized carbons (Fsp3) is 0.0952. The van der Waals surface area contributed by atoms with E-state index in [-0.39, 0.29) is 0 Å². The summed E-state index contributed by atoms with van der Waals surface area (Å²) in [5.74, 6) is -0.176. The second kappa shape index (κ2) is 6.59. The van der Waals surface area contributed by atoms with Crippen molar-refractivity contribution in [3.05, 3.63) is 77.9 Å². The molecule has 24 heavy (non-hydrogen) atoms. The van der Waals surface area contributed by atoms with Crippen molar-refractivity contribution in [2.45, 2.75) is 6.92 Å². The van der Waals surface area contributed by atoms with E-state index in [2.05, 4.69) is 0 Å². The first-order valence-electron chi connectivity index (χ1n) is 7.68. The van der Waals surface area contributed by atoms with Crippen LogP contribution in [0.3, 0.4) is 0 Å². The van der Waals surface area contributed by atoms with Gasteiger partial charge in [0.25, 0.3) is 0 Å². The van der Waals surface area contributed by atoms with Gasteiger partial charge in [-0.3, -0.25) is 0 Å². The smallest absolute Gasteiger partial charge is 0.336 e. The van der Waals surface area contributed by atoms with E-state index >= 15 is 0 Å². The molecular weight excluding hydrogens is 300 g/mol. The second-order valence-electron chi connectivity index (χ2n) is 5.62. The lowest BCUT2D eigenvalue weighted by molar-refractivity contribution is 0.0697. The van der Waals surface area contributed by atoms with Crippen LogP contribution in [0.1, 0.15) is 15.9 Å². The van der Waals surface area contributed by atoms with Gasteiger partial charge in [0.1, 0.15) is 5.75 Å². The summed E-state index contributed by atoms with van der Waals surface area (Å²) in [5, 5.41) is 9.65. The number of carboxylic acids is 1. The number of rotatable bonds is 4. The third-order valence-electron chi connectivity index (χ3n) is 4.06. The lowest BCUT2D eigenvalue weighted by Gasteiger charge is -2.13. The first kappa shape index (κ1) is 15.8. The minimum absolute atomic E-state index is 0.333. The highest BCUT2D eigenvalue weighted by molar-refractivity contribution is 5.99.